The summed E-state index contributed by atoms with van der Waals surface area (Å²) in [7, 11) is 4.41. The number of benzene rings is 2. The number of hydrogen-bond acceptors (Lipinski definition) is 7. The lowest BCUT2D eigenvalue weighted by Crippen LogP contribution is -2.56. The van der Waals surface area contributed by atoms with Gasteiger partial charge < -0.3 is 19.9 Å². The predicted octanol–water partition coefficient (Wildman–Crippen LogP) is 3.36. The van der Waals surface area contributed by atoms with E-state index in [4.69, 9.17) is 21.3 Å². The second-order valence-corrected chi connectivity index (χ2v) is 12.2. The molecule has 2 aromatic carbocycles. The number of hydrogen-bond donors (Lipinski definition) is 2. The van der Waals surface area contributed by atoms with Gasteiger partial charge in [-0.2, -0.15) is 0 Å². The van der Waals surface area contributed by atoms with Crippen LogP contribution in [0.1, 0.15) is 27.9 Å². The Bertz CT molecular complexity index is 1980. The molecule has 0 radical (unpaired) electrons. The summed E-state index contributed by atoms with van der Waals surface area (Å²) < 4.78 is 7.77. The largest absolute Gasteiger partial charge is 0.481 e. The van der Waals surface area contributed by atoms with Gasteiger partial charge in [-0.05, 0) is 30.2 Å². The van der Waals surface area contributed by atoms with E-state index >= 15 is 0 Å². The molecule has 11 nitrogen and oxygen atoms in total. The zero-order valence-electron chi connectivity index (χ0n) is 25.4. The van der Waals surface area contributed by atoms with Gasteiger partial charge in [0.15, 0.2) is 0 Å². The van der Waals surface area contributed by atoms with Crippen LogP contribution in [0.3, 0.4) is 0 Å². The number of aromatic nitrogens is 3. The number of anilines is 1. The summed E-state index contributed by atoms with van der Waals surface area (Å²) in [6.45, 7) is 4.97. The van der Waals surface area contributed by atoms with E-state index in [-0.39, 0.29) is 16.9 Å². The van der Waals surface area contributed by atoms with Gasteiger partial charge in [-0.1, -0.05) is 48.0 Å². The van der Waals surface area contributed by atoms with Crippen molar-refractivity contribution in [3.8, 4) is 28.3 Å². The molecule has 0 saturated carbocycles. The first-order chi connectivity index (χ1) is 21.5. The van der Waals surface area contributed by atoms with Crippen molar-refractivity contribution >= 4 is 29.1 Å². The summed E-state index contributed by atoms with van der Waals surface area (Å²) in [6, 6.07) is 15.1. The summed E-state index contributed by atoms with van der Waals surface area (Å²) in [5.74, 6) is 0.0166. The predicted molar refractivity (Wildman–Crippen MR) is 172 cm³/mol. The second kappa shape index (κ2) is 11.6. The molecular weight excluding hydrogens is 596 g/mol. The second-order valence-electron chi connectivity index (χ2n) is 11.9. The molecule has 2 fully saturated rings. The molecular formula is C33H33ClN6O5. The summed E-state index contributed by atoms with van der Waals surface area (Å²) in [5, 5.41) is 6.24. The van der Waals surface area contributed by atoms with Crippen LogP contribution in [0.4, 0.5) is 5.69 Å². The maximum atomic E-state index is 13.1. The first-order valence-corrected chi connectivity index (χ1v) is 14.9. The van der Waals surface area contributed by atoms with Gasteiger partial charge >= 0.3 is 5.69 Å². The fourth-order valence-electron chi connectivity index (χ4n) is 6.30. The SMILES string of the molecule is COc1nc(-c2cccc(-c3cccc(NC(=O)c4cn(C)c(=O)n(C)c4=O)c3C)c2Cl)ccc1CN1CC2(CNC(=O)C2)C1. The third-order valence-electron chi connectivity index (χ3n) is 8.68. The maximum absolute atomic E-state index is 13.1. The van der Waals surface area contributed by atoms with Gasteiger partial charge in [0.1, 0.15) is 5.56 Å². The molecule has 6 rings (SSSR count). The lowest BCUT2D eigenvalue weighted by atomic mass is 9.79. The molecule has 0 atom stereocenters. The molecule has 2 aliphatic heterocycles. The van der Waals surface area contributed by atoms with Crippen molar-refractivity contribution in [2.24, 2.45) is 19.5 Å². The van der Waals surface area contributed by atoms with Crippen molar-refractivity contribution in [2.75, 3.05) is 32.1 Å². The van der Waals surface area contributed by atoms with Gasteiger partial charge in [-0.15, -0.1) is 0 Å². The Morgan fingerprint density at radius 1 is 1.04 bits per heavy atom. The first kappa shape index (κ1) is 30.3. The average molecular weight is 629 g/mol. The normalized spacial score (nSPS) is 15.5. The third-order valence-corrected chi connectivity index (χ3v) is 9.09. The summed E-state index contributed by atoms with van der Waals surface area (Å²) in [6.07, 6.45) is 1.82. The number of carbonyl (C=O) groups is 2. The van der Waals surface area contributed by atoms with Crippen molar-refractivity contribution in [1.82, 2.24) is 24.3 Å². The van der Waals surface area contributed by atoms with Crippen molar-refractivity contribution in [1.29, 1.82) is 0 Å². The smallest absolute Gasteiger partial charge is 0.330 e. The Morgan fingerprint density at radius 2 is 1.76 bits per heavy atom. The molecule has 232 valence electrons. The van der Waals surface area contributed by atoms with Crippen LogP contribution >= 0.6 is 11.6 Å². The monoisotopic (exact) mass is 628 g/mol. The van der Waals surface area contributed by atoms with Gasteiger partial charge in [0.25, 0.3) is 11.5 Å². The van der Waals surface area contributed by atoms with E-state index in [2.05, 4.69) is 15.5 Å². The van der Waals surface area contributed by atoms with Crippen molar-refractivity contribution in [3.63, 3.8) is 0 Å². The first-order valence-electron chi connectivity index (χ1n) is 14.5. The minimum atomic E-state index is -0.675. The van der Waals surface area contributed by atoms with E-state index in [0.717, 1.165) is 52.0 Å². The molecule has 0 bridgehead atoms. The third kappa shape index (κ3) is 5.53. The Labute approximate surface area is 264 Å². The molecule has 2 N–H and O–H groups in total. The topological polar surface area (TPSA) is 128 Å². The van der Waals surface area contributed by atoms with Crippen LogP contribution in [0.5, 0.6) is 5.88 Å². The van der Waals surface area contributed by atoms with E-state index in [0.29, 0.717) is 35.2 Å². The standard InChI is InChI=1S/C33H33ClN6O5/c1-19-21(7-6-10-25(19)36-29(42)24-15-38(2)32(44)39(3)31(24)43)22-8-5-9-23(28(22)34)26-12-11-20(30(37-26)45-4)14-40-17-33(18-40)13-27(41)35-16-33/h5-12,15H,13-14,16-18H2,1-4H3,(H,35,41)(H,36,42). The van der Waals surface area contributed by atoms with Gasteiger partial charge in [0.2, 0.25) is 11.8 Å². The van der Waals surface area contributed by atoms with E-state index in [1.807, 2.05) is 43.3 Å². The summed E-state index contributed by atoms with van der Waals surface area (Å²) in [5.41, 5.74) is 3.83. The van der Waals surface area contributed by atoms with Gasteiger partial charge in [0.05, 0.1) is 17.8 Å². The zero-order chi connectivity index (χ0) is 32.0. The Balaban J connectivity index is 1.25. The number of amides is 2. The average Bonchev–Trinajstić information content (AvgIpc) is 3.41. The molecule has 2 saturated heterocycles. The van der Waals surface area contributed by atoms with E-state index in [1.54, 1.807) is 19.2 Å². The summed E-state index contributed by atoms with van der Waals surface area (Å²) >= 11 is 7.02. The van der Waals surface area contributed by atoms with Gasteiger partial charge in [0, 0.05) is 80.7 Å². The number of nitrogens with one attached hydrogen (secondary N) is 2. The molecule has 4 aromatic rings. The maximum Gasteiger partial charge on any atom is 0.330 e. The van der Waals surface area contributed by atoms with Gasteiger partial charge in [-0.25, -0.2) is 9.78 Å². The lowest BCUT2D eigenvalue weighted by Gasteiger charge is -2.47. The van der Waals surface area contributed by atoms with Crippen molar-refractivity contribution in [3.05, 3.63) is 97.3 Å². The highest BCUT2D eigenvalue weighted by molar-refractivity contribution is 6.36. The number of likely N-dealkylation sites (tertiary alicyclic amines) is 1. The number of aryl methyl sites for hydroxylation is 1. The van der Waals surface area contributed by atoms with Crippen LogP contribution in [0.25, 0.3) is 22.4 Å². The fourth-order valence-corrected chi connectivity index (χ4v) is 6.63. The van der Waals surface area contributed by atoms with Crippen LogP contribution in [0, 0.1) is 12.3 Å². The molecule has 4 heterocycles. The zero-order valence-corrected chi connectivity index (χ0v) is 26.2. The molecule has 45 heavy (non-hydrogen) atoms. The molecule has 2 aliphatic rings. The molecule has 0 aliphatic carbocycles. The van der Waals surface area contributed by atoms with E-state index in [9.17, 15) is 19.2 Å². The molecule has 0 unspecified atom stereocenters. The summed E-state index contributed by atoms with van der Waals surface area (Å²) in [4.78, 5) is 56.6. The number of rotatable bonds is 7. The quantitative estimate of drug-likeness (QED) is 0.321. The van der Waals surface area contributed by atoms with Crippen LogP contribution in [0.15, 0.2) is 64.3 Å². The minimum Gasteiger partial charge on any atom is -0.481 e. The number of carbonyl (C=O) groups excluding carboxylic acids is 2. The number of ether oxygens (including phenoxy) is 1. The molecule has 2 amide bonds. The highest BCUT2D eigenvalue weighted by atomic mass is 35.5. The van der Waals surface area contributed by atoms with Gasteiger partial charge in [-0.3, -0.25) is 23.9 Å². The number of pyridine rings is 1. The Kier molecular flexibility index (Phi) is 7.84. The highest BCUT2D eigenvalue weighted by Gasteiger charge is 2.47. The minimum absolute atomic E-state index is 0.0440. The molecule has 1 spiro atoms. The van der Waals surface area contributed by atoms with Crippen molar-refractivity contribution < 1.29 is 14.3 Å². The van der Waals surface area contributed by atoms with Crippen molar-refractivity contribution in [2.45, 2.75) is 19.9 Å². The number of methoxy groups -OCH3 is 1. The molecule has 2 aromatic heterocycles. The highest BCUT2D eigenvalue weighted by Crippen LogP contribution is 2.41. The van der Waals surface area contributed by atoms with E-state index < -0.39 is 17.2 Å². The lowest BCUT2D eigenvalue weighted by molar-refractivity contribution is -0.120. The number of nitrogens with zero attached hydrogens (tertiary/aromatic N) is 4. The van der Waals surface area contributed by atoms with Crippen LogP contribution in [-0.2, 0) is 25.4 Å². The fraction of sp³-hybridized carbons (Fsp3) is 0.303. The number of halogens is 1. The van der Waals surface area contributed by atoms with Crippen LogP contribution in [-0.4, -0.2) is 57.6 Å². The van der Waals surface area contributed by atoms with Crippen LogP contribution < -0.4 is 26.6 Å². The Hall–Kier alpha value is -4.74. The molecule has 12 heteroatoms. The van der Waals surface area contributed by atoms with Crippen LogP contribution in [0.2, 0.25) is 5.02 Å². The Morgan fingerprint density at radius 3 is 2.47 bits per heavy atom. The van der Waals surface area contributed by atoms with E-state index in [1.165, 1.54) is 24.9 Å².